The molecule has 0 fully saturated rings. The minimum absolute atomic E-state index is 0.0928. The average Bonchev–Trinajstić information content (AvgIpc) is 3.28. The van der Waals surface area contributed by atoms with Crippen LogP contribution >= 0.6 is 0 Å². The summed E-state index contributed by atoms with van der Waals surface area (Å²) in [7, 11) is 0. The Morgan fingerprint density at radius 1 is 1.21 bits per heavy atom. The maximum Gasteiger partial charge on any atom is 0.333 e. The predicted molar refractivity (Wildman–Crippen MR) is 99.6 cm³/mol. The van der Waals surface area contributed by atoms with Crippen molar-refractivity contribution in [3.05, 3.63) is 71.1 Å². The van der Waals surface area contributed by atoms with E-state index in [-0.39, 0.29) is 5.82 Å². The third-order valence-electron chi connectivity index (χ3n) is 4.41. The number of rotatable bonds is 5. The van der Waals surface area contributed by atoms with Gasteiger partial charge in [0.2, 0.25) is 5.82 Å². The van der Waals surface area contributed by atoms with Crippen molar-refractivity contribution in [2.75, 3.05) is 5.32 Å². The number of anilines is 2. The first-order valence-corrected chi connectivity index (χ1v) is 8.76. The number of benzene rings is 1. The Hall–Kier alpha value is -3.40. The lowest BCUT2D eigenvalue weighted by Gasteiger charge is -2.16. The molecule has 3 aromatic heterocycles. The van der Waals surface area contributed by atoms with E-state index in [9.17, 15) is 9.50 Å². The first kappa shape index (κ1) is 18.9. The monoisotopic (exact) mass is 402 g/mol. The molecule has 0 amide bonds. The van der Waals surface area contributed by atoms with Crippen molar-refractivity contribution < 1.29 is 18.3 Å². The summed E-state index contributed by atoms with van der Waals surface area (Å²) >= 11 is 0. The van der Waals surface area contributed by atoms with Crippen LogP contribution in [0.4, 0.5) is 24.8 Å². The Labute approximate surface area is 163 Å². The molecule has 7 nitrogen and oxygen atoms in total. The van der Waals surface area contributed by atoms with Crippen LogP contribution in [0.2, 0.25) is 0 Å². The van der Waals surface area contributed by atoms with Crippen LogP contribution in [-0.2, 0) is 5.92 Å². The number of aliphatic hydroxyl groups excluding tert-OH is 1. The van der Waals surface area contributed by atoms with Crippen LogP contribution < -0.4 is 5.32 Å². The number of nitrogens with one attached hydrogen (secondary N) is 2. The van der Waals surface area contributed by atoms with Gasteiger partial charge in [0.15, 0.2) is 11.6 Å². The second-order valence-corrected chi connectivity index (χ2v) is 6.71. The van der Waals surface area contributed by atoms with Crippen LogP contribution in [0.1, 0.15) is 35.7 Å². The van der Waals surface area contributed by atoms with E-state index in [2.05, 4.69) is 25.6 Å². The van der Waals surface area contributed by atoms with Crippen LogP contribution in [0.25, 0.3) is 5.52 Å². The molecule has 0 aliphatic rings. The summed E-state index contributed by atoms with van der Waals surface area (Å²) in [5, 5.41) is 23.5. The highest BCUT2D eigenvalue weighted by atomic mass is 19.3. The number of aliphatic hydroxyl groups is 1. The molecule has 3 heterocycles. The molecule has 0 saturated carbocycles. The number of hydrogen-bond acceptors (Lipinski definition) is 5. The maximum absolute atomic E-state index is 15.1. The van der Waals surface area contributed by atoms with Crippen LogP contribution in [0.15, 0.2) is 42.6 Å². The van der Waals surface area contributed by atoms with E-state index in [4.69, 9.17) is 0 Å². The van der Waals surface area contributed by atoms with Gasteiger partial charge in [-0.1, -0.05) is 0 Å². The fourth-order valence-corrected chi connectivity index (χ4v) is 2.86. The minimum Gasteiger partial charge on any atom is -0.389 e. The van der Waals surface area contributed by atoms with E-state index in [1.54, 1.807) is 26.0 Å². The van der Waals surface area contributed by atoms with Gasteiger partial charge in [0.1, 0.15) is 11.3 Å². The highest BCUT2D eigenvalue weighted by Gasteiger charge is 2.39. The third kappa shape index (κ3) is 3.54. The van der Waals surface area contributed by atoms with E-state index in [0.29, 0.717) is 16.9 Å². The Morgan fingerprint density at radius 3 is 2.55 bits per heavy atom. The summed E-state index contributed by atoms with van der Waals surface area (Å²) in [5.41, 5.74) is 1.21. The second-order valence-electron chi connectivity index (χ2n) is 6.71. The van der Waals surface area contributed by atoms with E-state index in [1.165, 1.54) is 10.7 Å². The second kappa shape index (κ2) is 6.89. The molecule has 4 rings (SSSR count). The molecular formula is C19H17F3N6O. The first-order valence-electron chi connectivity index (χ1n) is 8.76. The maximum atomic E-state index is 15.1. The number of halogens is 3. The number of nitrogens with zero attached hydrogens (tertiary/aromatic N) is 4. The topological polar surface area (TPSA) is 91.1 Å². The van der Waals surface area contributed by atoms with Gasteiger partial charge in [0.05, 0.1) is 6.10 Å². The normalized spacial score (nSPS) is 13.0. The first-order chi connectivity index (χ1) is 13.7. The Morgan fingerprint density at radius 2 is 1.93 bits per heavy atom. The Kier molecular flexibility index (Phi) is 4.50. The van der Waals surface area contributed by atoms with Crippen LogP contribution in [0, 0.1) is 12.7 Å². The summed E-state index contributed by atoms with van der Waals surface area (Å²) in [6, 6.07) is 7.18. The molecule has 1 atom stereocenters. The zero-order chi connectivity index (χ0) is 20.8. The lowest BCUT2D eigenvalue weighted by atomic mass is 10.1. The molecule has 0 aliphatic carbocycles. The number of hydrogen-bond donors (Lipinski definition) is 3. The van der Waals surface area contributed by atoms with Crippen molar-refractivity contribution in [3.63, 3.8) is 0 Å². The van der Waals surface area contributed by atoms with Gasteiger partial charge in [-0.2, -0.15) is 13.9 Å². The van der Waals surface area contributed by atoms with Gasteiger partial charge in [-0.25, -0.2) is 13.9 Å². The van der Waals surface area contributed by atoms with Crippen molar-refractivity contribution >= 4 is 17.2 Å². The smallest absolute Gasteiger partial charge is 0.333 e. The highest BCUT2D eigenvalue weighted by Crippen LogP contribution is 2.35. The number of aromatic nitrogens is 5. The number of aromatic amines is 1. The SMILES string of the molecule is Cc1cc(Nc2nc(C(F)(F)c3ccc(F)cc3)nn3cc(C(C)O)cc23)n[nH]1. The number of H-pyrrole nitrogens is 1. The minimum atomic E-state index is -3.57. The van der Waals surface area contributed by atoms with E-state index in [1.807, 2.05) is 0 Å². The van der Waals surface area contributed by atoms with Crippen LogP contribution in [-0.4, -0.2) is 29.9 Å². The molecule has 0 bridgehead atoms. The fourth-order valence-electron chi connectivity index (χ4n) is 2.86. The van der Waals surface area contributed by atoms with Crippen molar-refractivity contribution in [2.45, 2.75) is 25.9 Å². The van der Waals surface area contributed by atoms with E-state index < -0.39 is 29.2 Å². The average molecular weight is 402 g/mol. The standard InChI is InChI=1S/C19H17F3N6O/c1-10-7-16(26-25-10)23-17-15-8-12(11(2)29)9-28(15)27-18(24-17)19(21,22)13-3-5-14(20)6-4-13/h3-9,11,29H,1-2H3,(H2,23,24,25,26,27). The lowest BCUT2D eigenvalue weighted by molar-refractivity contribution is 0.0315. The third-order valence-corrected chi connectivity index (χ3v) is 4.41. The molecule has 0 radical (unpaired) electrons. The number of fused-ring (bicyclic) bond motifs is 1. The zero-order valence-electron chi connectivity index (χ0n) is 15.5. The van der Waals surface area contributed by atoms with Gasteiger partial charge in [0.25, 0.3) is 0 Å². The molecule has 0 saturated heterocycles. The van der Waals surface area contributed by atoms with Gasteiger partial charge in [-0.3, -0.25) is 5.10 Å². The van der Waals surface area contributed by atoms with Gasteiger partial charge >= 0.3 is 5.92 Å². The largest absolute Gasteiger partial charge is 0.389 e. The summed E-state index contributed by atoms with van der Waals surface area (Å²) in [6.07, 6.45) is 0.630. The van der Waals surface area contributed by atoms with Crippen molar-refractivity contribution in [2.24, 2.45) is 0 Å². The highest BCUT2D eigenvalue weighted by molar-refractivity contribution is 5.73. The van der Waals surface area contributed by atoms with Crippen molar-refractivity contribution in [1.29, 1.82) is 0 Å². The van der Waals surface area contributed by atoms with E-state index in [0.717, 1.165) is 30.0 Å². The van der Waals surface area contributed by atoms with Gasteiger partial charge < -0.3 is 10.4 Å². The molecule has 10 heteroatoms. The molecule has 1 unspecified atom stereocenters. The van der Waals surface area contributed by atoms with Gasteiger partial charge in [-0.05, 0) is 44.2 Å². The predicted octanol–water partition coefficient (Wildman–Crippen LogP) is 3.84. The molecule has 0 aliphatic heterocycles. The summed E-state index contributed by atoms with van der Waals surface area (Å²) in [6.45, 7) is 3.35. The van der Waals surface area contributed by atoms with Crippen molar-refractivity contribution in [1.82, 2.24) is 24.8 Å². The quantitative estimate of drug-likeness (QED) is 0.472. The molecule has 4 aromatic rings. The lowest BCUT2D eigenvalue weighted by Crippen LogP contribution is -2.21. The van der Waals surface area contributed by atoms with Crippen LogP contribution in [0.3, 0.4) is 0 Å². The summed E-state index contributed by atoms with van der Waals surface area (Å²) in [5.74, 6) is -4.49. The molecule has 0 spiro atoms. The Bertz CT molecular complexity index is 1170. The molecule has 150 valence electrons. The fraction of sp³-hybridized carbons (Fsp3) is 0.211. The summed E-state index contributed by atoms with van der Waals surface area (Å²) in [4.78, 5) is 4.03. The molecule has 29 heavy (non-hydrogen) atoms. The number of aryl methyl sites for hydroxylation is 1. The van der Waals surface area contributed by atoms with E-state index >= 15 is 8.78 Å². The zero-order valence-corrected chi connectivity index (χ0v) is 15.5. The molecule has 3 N–H and O–H groups in total. The van der Waals surface area contributed by atoms with Crippen molar-refractivity contribution in [3.8, 4) is 0 Å². The molecule has 1 aromatic carbocycles. The Balaban J connectivity index is 1.86. The number of alkyl halides is 2. The summed E-state index contributed by atoms with van der Waals surface area (Å²) < 4.78 is 44.5. The molecular weight excluding hydrogens is 385 g/mol. The van der Waals surface area contributed by atoms with Gasteiger partial charge in [0, 0.05) is 29.1 Å². The van der Waals surface area contributed by atoms with Gasteiger partial charge in [-0.15, -0.1) is 5.10 Å². The van der Waals surface area contributed by atoms with Crippen LogP contribution in [0.5, 0.6) is 0 Å².